The van der Waals surface area contributed by atoms with E-state index in [4.69, 9.17) is 4.74 Å². The highest BCUT2D eigenvalue weighted by atomic mass is 16.5. The minimum absolute atomic E-state index is 0.102. The average Bonchev–Trinajstić information content (AvgIpc) is 3.49. The van der Waals surface area contributed by atoms with E-state index in [9.17, 15) is 0 Å². The summed E-state index contributed by atoms with van der Waals surface area (Å²) in [6.07, 6.45) is 0. The fraction of sp³-hybridized carbons (Fsp3) is 0.0476. The van der Waals surface area contributed by atoms with Crippen LogP contribution in [0.2, 0.25) is 0 Å². The Morgan fingerprint density at radius 3 is 1.37 bits per heavy atom. The van der Waals surface area contributed by atoms with E-state index < -0.39 is 0 Å². The fourth-order valence-corrected chi connectivity index (χ4v) is 10.1. The minimum Gasteiger partial charge on any atom is -0.455 e. The minimum atomic E-state index is -0.102. The molecule has 2 heteroatoms. The molecule has 2 nitrogen and oxygen atoms in total. The highest BCUT2D eigenvalue weighted by Crippen LogP contribution is 2.52. The molecule has 1 heterocycles. The molecule has 0 amide bonds. The van der Waals surface area contributed by atoms with Gasteiger partial charge in [-0.2, -0.15) is 0 Å². The van der Waals surface area contributed by atoms with Gasteiger partial charge in [0.05, 0.1) is 0 Å². The van der Waals surface area contributed by atoms with E-state index in [0.29, 0.717) is 0 Å². The van der Waals surface area contributed by atoms with Crippen molar-refractivity contribution >= 4 is 17.1 Å². The van der Waals surface area contributed by atoms with E-state index in [1.807, 2.05) is 0 Å². The standard InChI is InChI=1S/C63H45NO/c1-63(2)59-23-12-11-20-55(59)56-39-37-51(41-60(56)63)64(49-33-28-44(29-34-49)42-14-5-3-6-15-42)50-35-30-45(31-36-50)43-24-26-46(27-25-43)48-32-38-57-53-18-9-10-19-54(53)58-22-13-21-52(47-16-7-4-8-17-47)62(58)65-61(57)40-48/h3-41H,1-2H3. The van der Waals surface area contributed by atoms with Crippen LogP contribution in [0.5, 0.6) is 11.5 Å². The normalized spacial score (nSPS) is 12.7. The summed E-state index contributed by atoms with van der Waals surface area (Å²) in [6.45, 7) is 4.70. The maximum atomic E-state index is 6.99. The average molecular weight is 832 g/mol. The number of rotatable bonds is 7. The third kappa shape index (κ3) is 6.65. The van der Waals surface area contributed by atoms with Crippen molar-refractivity contribution in [3.63, 3.8) is 0 Å². The van der Waals surface area contributed by atoms with Crippen molar-refractivity contribution in [2.45, 2.75) is 19.3 Å². The molecule has 65 heavy (non-hydrogen) atoms. The Kier molecular flexibility index (Phi) is 9.21. The van der Waals surface area contributed by atoms with Gasteiger partial charge in [-0.25, -0.2) is 0 Å². The van der Waals surface area contributed by atoms with Crippen LogP contribution in [-0.2, 0) is 5.41 Å². The largest absolute Gasteiger partial charge is 0.455 e. The van der Waals surface area contributed by atoms with Crippen LogP contribution in [0.25, 0.3) is 77.9 Å². The van der Waals surface area contributed by atoms with Gasteiger partial charge in [-0.15, -0.1) is 0 Å². The summed E-state index contributed by atoms with van der Waals surface area (Å²) in [5.74, 6) is 1.74. The molecule has 10 aromatic rings. The number of hydrogen-bond donors (Lipinski definition) is 0. The Bertz CT molecular complexity index is 3390. The second kappa shape index (κ2) is 15.6. The molecule has 308 valence electrons. The first-order valence-electron chi connectivity index (χ1n) is 22.5. The molecule has 0 N–H and O–H groups in total. The Morgan fingerprint density at radius 2 is 0.723 bits per heavy atom. The van der Waals surface area contributed by atoms with Crippen LogP contribution in [0, 0.1) is 0 Å². The molecule has 1 aliphatic carbocycles. The summed E-state index contributed by atoms with van der Waals surface area (Å²) in [6, 6.07) is 85.6. The van der Waals surface area contributed by atoms with E-state index >= 15 is 0 Å². The van der Waals surface area contributed by atoms with Crippen LogP contribution >= 0.6 is 0 Å². The third-order valence-electron chi connectivity index (χ3n) is 13.5. The van der Waals surface area contributed by atoms with Gasteiger partial charge >= 0.3 is 0 Å². The SMILES string of the molecule is CC1(C)c2ccccc2-c2ccc(N(c3ccc(-c4ccccc4)cc3)c3ccc(-c4ccc(-c5ccc6c(c5)Oc5c(-c7ccccc7)cccc5-c5ccccc5-6)cc4)cc3)cc21. The summed E-state index contributed by atoms with van der Waals surface area (Å²) in [7, 11) is 0. The molecule has 0 fully saturated rings. The third-order valence-corrected chi connectivity index (χ3v) is 13.5. The number of anilines is 3. The lowest BCUT2D eigenvalue weighted by molar-refractivity contribution is 0.489. The lowest BCUT2D eigenvalue weighted by atomic mass is 9.82. The van der Waals surface area contributed by atoms with E-state index in [1.54, 1.807) is 0 Å². The summed E-state index contributed by atoms with van der Waals surface area (Å²) < 4.78 is 6.99. The van der Waals surface area contributed by atoms with Gasteiger partial charge in [0.15, 0.2) is 0 Å². The molecule has 0 atom stereocenters. The Labute approximate surface area is 381 Å². The van der Waals surface area contributed by atoms with Gasteiger partial charge in [0.2, 0.25) is 0 Å². The Hall–Kier alpha value is -8.20. The predicted octanol–water partition coefficient (Wildman–Crippen LogP) is 17.6. The highest BCUT2D eigenvalue weighted by molar-refractivity contribution is 5.95. The van der Waals surface area contributed by atoms with Crippen LogP contribution in [-0.4, -0.2) is 0 Å². The molecule has 2 aliphatic rings. The van der Waals surface area contributed by atoms with Gasteiger partial charge in [-0.05, 0) is 121 Å². The molecule has 1 aliphatic heterocycles. The highest BCUT2D eigenvalue weighted by Gasteiger charge is 2.36. The molecule has 12 rings (SSSR count). The zero-order valence-corrected chi connectivity index (χ0v) is 36.4. The van der Waals surface area contributed by atoms with Gasteiger partial charge in [0.25, 0.3) is 0 Å². The second-order valence-electron chi connectivity index (χ2n) is 17.7. The van der Waals surface area contributed by atoms with Gasteiger partial charge in [-0.3, -0.25) is 0 Å². The number of ether oxygens (including phenoxy) is 1. The first kappa shape index (κ1) is 38.5. The molecular weight excluding hydrogens is 787 g/mol. The van der Waals surface area contributed by atoms with E-state index in [1.165, 1.54) is 44.5 Å². The quantitative estimate of drug-likeness (QED) is 0.159. The first-order valence-corrected chi connectivity index (χ1v) is 22.5. The number of hydrogen-bond acceptors (Lipinski definition) is 2. The maximum absolute atomic E-state index is 6.99. The van der Waals surface area contributed by atoms with Crippen molar-refractivity contribution in [3.8, 4) is 89.4 Å². The summed E-state index contributed by atoms with van der Waals surface area (Å²) in [5.41, 5.74) is 22.4. The monoisotopic (exact) mass is 831 g/mol. The molecule has 0 unspecified atom stereocenters. The number of nitrogens with zero attached hydrogens (tertiary/aromatic N) is 1. The molecular formula is C63H45NO. The lowest BCUT2D eigenvalue weighted by Gasteiger charge is -2.28. The zero-order chi connectivity index (χ0) is 43.5. The van der Waals surface area contributed by atoms with Gasteiger partial charge in [0.1, 0.15) is 11.5 Å². The fourth-order valence-electron chi connectivity index (χ4n) is 10.1. The number of benzene rings is 10. The summed E-state index contributed by atoms with van der Waals surface area (Å²) in [4.78, 5) is 2.39. The maximum Gasteiger partial charge on any atom is 0.143 e. The molecule has 10 aromatic carbocycles. The Morgan fingerprint density at radius 1 is 0.292 bits per heavy atom. The van der Waals surface area contributed by atoms with Crippen molar-refractivity contribution in [3.05, 3.63) is 248 Å². The van der Waals surface area contributed by atoms with Crippen molar-refractivity contribution in [1.82, 2.24) is 0 Å². The van der Waals surface area contributed by atoms with Crippen molar-refractivity contribution in [2.24, 2.45) is 0 Å². The first-order chi connectivity index (χ1) is 32.0. The van der Waals surface area contributed by atoms with Crippen LogP contribution in [0.3, 0.4) is 0 Å². The van der Waals surface area contributed by atoms with E-state index in [0.717, 1.165) is 73.1 Å². The van der Waals surface area contributed by atoms with Gasteiger partial charge in [-0.1, -0.05) is 202 Å². The summed E-state index contributed by atoms with van der Waals surface area (Å²) >= 11 is 0. The van der Waals surface area contributed by atoms with E-state index in [-0.39, 0.29) is 5.41 Å². The van der Waals surface area contributed by atoms with Crippen molar-refractivity contribution in [1.29, 1.82) is 0 Å². The molecule has 0 saturated heterocycles. The molecule has 0 spiro atoms. The molecule has 0 aromatic heterocycles. The van der Waals surface area contributed by atoms with Crippen LogP contribution in [0.15, 0.2) is 237 Å². The topological polar surface area (TPSA) is 12.5 Å². The summed E-state index contributed by atoms with van der Waals surface area (Å²) in [5, 5.41) is 0. The lowest BCUT2D eigenvalue weighted by Crippen LogP contribution is -2.16. The van der Waals surface area contributed by atoms with E-state index in [2.05, 4.69) is 255 Å². The number of para-hydroxylation sites is 1. The molecule has 0 bridgehead atoms. The number of fused-ring (bicyclic) bond motifs is 8. The predicted molar refractivity (Wildman–Crippen MR) is 271 cm³/mol. The molecule has 0 radical (unpaired) electrons. The second-order valence-corrected chi connectivity index (χ2v) is 17.7. The van der Waals surface area contributed by atoms with Gasteiger partial charge < -0.3 is 9.64 Å². The van der Waals surface area contributed by atoms with Crippen molar-refractivity contribution in [2.75, 3.05) is 4.90 Å². The van der Waals surface area contributed by atoms with Crippen LogP contribution < -0.4 is 9.64 Å². The zero-order valence-electron chi connectivity index (χ0n) is 36.4. The smallest absolute Gasteiger partial charge is 0.143 e. The molecule has 0 saturated carbocycles. The van der Waals surface area contributed by atoms with Crippen molar-refractivity contribution < 1.29 is 4.74 Å². The Balaban J connectivity index is 0.872. The van der Waals surface area contributed by atoms with Crippen LogP contribution in [0.4, 0.5) is 17.1 Å². The van der Waals surface area contributed by atoms with Crippen LogP contribution in [0.1, 0.15) is 25.0 Å². The van der Waals surface area contributed by atoms with Gasteiger partial charge in [0, 0.05) is 39.2 Å².